The second kappa shape index (κ2) is 5.40. The quantitative estimate of drug-likeness (QED) is 0.809. The Kier molecular flexibility index (Phi) is 4.40. The number of thioether (sulfide) groups is 1. The third kappa shape index (κ3) is 5.08. The van der Waals surface area contributed by atoms with Gasteiger partial charge in [0.1, 0.15) is 0 Å². The normalized spacial score (nSPS) is 13.2. The van der Waals surface area contributed by atoms with Crippen LogP contribution in [0.2, 0.25) is 0 Å². The van der Waals surface area contributed by atoms with Gasteiger partial charge >= 0.3 is 0 Å². The maximum absolute atomic E-state index is 11.8. The van der Waals surface area contributed by atoms with Gasteiger partial charge in [0, 0.05) is 5.54 Å². The summed E-state index contributed by atoms with van der Waals surface area (Å²) in [5.74, 6) is 0.0149. The van der Waals surface area contributed by atoms with Crippen LogP contribution in [0, 0.1) is 0 Å². The molecule has 1 atom stereocenters. The van der Waals surface area contributed by atoms with E-state index >= 15 is 0 Å². The lowest BCUT2D eigenvalue weighted by Gasteiger charge is -2.22. The molecule has 1 heterocycles. The van der Waals surface area contributed by atoms with Gasteiger partial charge in [-0.15, -0.1) is 0 Å². The van der Waals surface area contributed by atoms with E-state index < -0.39 is 0 Å². The molecule has 0 fully saturated rings. The molecule has 0 saturated carbocycles. The summed E-state index contributed by atoms with van der Waals surface area (Å²) >= 11 is 1.42. The molecular weight excluding hydrogens is 234 g/mol. The first-order valence-electron chi connectivity index (χ1n) is 5.48. The van der Waals surface area contributed by atoms with Gasteiger partial charge in [-0.05, 0) is 39.8 Å². The second-order valence-electron chi connectivity index (χ2n) is 4.93. The van der Waals surface area contributed by atoms with E-state index in [9.17, 15) is 4.79 Å². The first-order valence-corrected chi connectivity index (χ1v) is 6.36. The summed E-state index contributed by atoms with van der Waals surface area (Å²) in [5, 5.41) is 3.56. The number of amides is 1. The molecule has 3 N–H and O–H groups in total. The number of pyridine rings is 1. The maximum Gasteiger partial charge on any atom is 0.233 e. The Morgan fingerprint density at radius 1 is 1.47 bits per heavy atom. The third-order valence-electron chi connectivity index (χ3n) is 1.92. The number of nitrogen functional groups attached to an aromatic ring is 1. The van der Waals surface area contributed by atoms with Crippen LogP contribution in [-0.2, 0) is 4.79 Å². The summed E-state index contributed by atoms with van der Waals surface area (Å²) in [4.78, 5) is 16.0. The van der Waals surface area contributed by atoms with Crippen molar-refractivity contribution in [3.63, 3.8) is 0 Å². The highest BCUT2D eigenvalue weighted by molar-refractivity contribution is 8.00. The fourth-order valence-corrected chi connectivity index (χ4v) is 1.96. The Bertz CT molecular complexity index is 384. The number of anilines is 1. The number of nitrogens with two attached hydrogens (primary N) is 1. The average molecular weight is 253 g/mol. The number of nitrogens with one attached hydrogen (secondary N) is 1. The Hall–Kier alpha value is -1.23. The van der Waals surface area contributed by atoms with Crippen LogP contribution >= 0.6 is 11.8 Å². The molecule has 1 amide bonds. The Balaban J connectivity index is 2.57. The summed E-state index contributed by atoms with van der Waals surface area (Å²) in [6.07, 6.45) is 1.59. The van der Waals surface area contributed by atoms with Crippen molar-refractivity contribution in [1.29, 1.82) is 0 Å². The SMILES string of the molecule is CC(Sc1ccc(N)cn1)C(=O)NC(C)(C)C. The summed E-state index contributed by atoms with van der Waals surface area (Å²) in [6, 6.07) is 3.60. The lowest BCUT2D eigenvalue weighted by atomic mass is 10.1. The lowest BCUT2D eigenvalue weighted by Crippen LogP contribution is -2.44. The Morgan fingerprint density at radius 3 is 2.59 bits per heavy atom. The number of nitrogens with zero attached hydrogens (tertiary/aromatic N) is 1. The standard InChI is InChI=1S/C12H19N3OS/c1-8(11(16)15-12(2,3)4)17-10-6-5-9(13)7-14-10/h5-8H,13H2,1-4H3,(H,15,16). The van der Waals surface area contributed by atoms with Crippen LogP contribution in [0.1, 0.15) is 27.7 Å². The number of carbonyl (C=O) groups is 1. The van der Waals surface area contributed by atoms with Crippen LogP contribution in [0.5, 0.6) is 0 Å². The highest BCUT2D eigenvalue weighted by Gasteiger charge is 2.20. The number of carbonyl (C=O) groups excluding carboxylic acids is 1. The highest BCUT2D eigenvalue weighted by atomic mass is 32.2. The van der Waals surface area contributed by atoms with Crippen molar-refractivity contribution in [3.05, 3.63) is 18.3 Å². The second-order valence-corrected chi connectivity index (χ2v) is 6.29. The molecule has 1 aromatic rings. The molecule has 5 heteroatoms. The molecular formula is C12H19N3OS. The van der Waals surface area contributed by atoms with E-state index in [1.807, 2.05) is 33.8 Å². The molecule has 0 aromatic carbocycles. The van der Waals surface area contributed by atoms with Crippen molar-refractivity contribution < 1.29 is 4.79 Å². The van der Waals surface area contributed by atoms with E-state index in [0.717, 1.165) is 5.03 Å². The van der Waals surface area contributed by atoms with Crippen molar-refractivity contribution >= 4 is 23.4 Å². The number of hydrogen-bond acceptors (Lipinski definition) is 4. The van der Waals surface area contributed by atoms with E-state index in [4.69, 9.17) is 5.73 Å². The minimum Gasteiger partial charge on any atom is -0.397 e. The first-order chi connectivity index (χ1) is 7.78. The van der Waals surface area contributed by atoms with Gasteiger partial charge in [0.25, 0.3) is 0 Å². The number of rotatable bonds is 3. The number of aromatic nitrogens is 1. The van der Waals surface area contributed by atoms with Gasteiger partial charge in [0.15, 0.2) is 0 Å². The summed E-state index contributed by atoms with van der Waals surface area (Å²) in [7, 11) is 0. The molecule has 0 aliphatic rings. The van der Waals surface area contributed by atoms with Gasteiger partial charge in [-0.25, -0.2) is 4.98 Å². The fraction of sp³-hybridized carbons (Fsp3) is 0.500. The predicted octanol–water partition coefficient (Wildman–Crippen LogP) is 2.06. The Labute approximate surface area is 106 Å². The van der Waals surface area contributed by atoms with Crippen LogP contribution in [0.4, 0.5) is 5.69 Å². The molecule has 0 aliphatic carbocycles. The minimum absolute atomic E-state index is 0.0149. The molecule has 1 aromatic heterocycles. The topological polar surface area (TPSA) is 68.0 Å². The van der Waals surface area contributed by atoms with Gasteiger partial charge in [-0.3, -0.25) is 4.79 Å². The summed E-state index contributed by atoms with van der Waals surface area (Å²) in [6.45, 7) is 7.75. The third-order valence-corrected chi connectivity index (χ3v) is 2.97. The smallest absolute Gasteiger partial charge is 0.233 e. The van der Waals surface area contributed by atoms with Crippen molar-refractivity contribution in [2.75, 3.05) is 5.73 Å². The Morgan fingerprint density at radius 2 is 2.12 bits per heavy atom. The van der Waals surface area contributed by atoms with Crippen molar-refractivity contribution in [1.82, 2.24) is 10.3 Å². The average Bonchev–Trinajstić information content (AvgIpc) is 2.19. The molecule has 0 radical (unpaired) electrons. The van der Waals surface area contributed by atoms with Crippen molar-refractivity contribution in [2.45, 2.75) is 43.5 Å². The lowest BCUT2D eigenvalue weighted by molar-refractivity contribution is -0.121. The van der Waals surface area contributed by atoms with E-state index in [2.05, 4.69) is 10.3 Å². The van der Waals surface area contributed by atoms with Crippen molar-refractivity contribution in [3.8, 4) is 0 Å². The minimum atomic E-state index is -0.208. The summed E-state index contributed by atoms with van der Waals surface area (Å²) in [5.41, 5.74) is 5.97. The van der Waals surface area contributed by atoms with Crippen molar-refractivity contribution in [2.24, 2.45) is 0 Å². The zero-order valence-corrected chi connectivity index (χ0v) is 11.5. The molecule has 0 bridgehead atoms. The maximum atomic E-state index is 11.8. The zero-order valence-electron chi connectivity index (χ0n) is 10.7. The van der Waals surface area contributed by atoms with Gasteiger partial charge < -0.3 is 11.1 Å². The van der Waals surface area contributed by atoms with Crippen LogP contribution < -0.4 is 11.1 Å². The molecule has 0 spiro atoms. The molecule has 17 heavy (non-hydrogen) atoms. The predicted molar refractivity (Wildman–Crippen MR) is 71.9 cm³/mol. The van der Waals surface area contributed by atoms with E-state index in [1.165, 1.54) is 11.8 Å². The largest absolute Gasteiger partial charge is 0.397 e. The molecule has 1 rings (SSSR count). The van der Waals surface area contributed by atoms with Crippen LogP contribution in [0.3, 0.4) is 0 Å². The monoisotopic (exact) mass is 253 g/mol. The summed E-state index contributed by atoms with van der Waals surface area (Å²) < 4.78 is 0. The molecule has 1 unspecified atom stereocenters. The van der Waals surface area contributed by atoms with E-state index in [0.29, 0.717) is 5.69 Å². The van der Waals surface area contributed by atoms with Crippen LogP contribution in [0.15, 0.2) is 23.4 Å². The van der Waals surface area contributed by atoms with Gasteiger partial charge in [-0.2, -0.15) is 0 Å². The molecule has 0 saturated heterocycles. The molecule has 94 valence electrons. The van der Waals surface area contributed by atoms with Crippen LogP contribution in [0.25, 0.3) is 0 Å². The van der Waals surface area contributed by atoms with Gasteiger partial charge in [0.2, 0.25) is 5.91 Å². The zero-order chi connectivity index (χ0) is 13.1. The highest BCUT2D eigenvalue weighted by Crippen LogP contribution is 2.22. The molecule has 4 nitrogen and oxygen atoms in total. The number of hydrogen-bond donors (Lipinski definition) is 2. The molecule has 0 aliphatic heterocycles. The van der Waals surface area contributed by atoms with Gasteiger partial charge in [0.05, 0.1) is 22.2 Å². The fourth-order valence-electron chi connectivity index (χ4n) is 1.17. The van der Waals surface area contributed by atoms with E-state index in [1.54, 1.807) is 12.3 Å². The van der Waals surface area contributed by atoms with E-state index in [-0.39, 0.29) is 16.7 Å². The van der Waals surface area contributed by atoms with Gasteiger partial charge in [-0.1, -0.05) is 11.8 Å². The first kappa shape index (κ1) is 13.8. The van der Waals surface area contributed by atoms with Crippen LogP contribution in [-0.4, -0.2) is 21.7 Å².